The number of hydrogen-bond donors (Lipinski definition) is 3. The van der Waals surface area contributed by atoms with E-state index in [0.717, 1.165) is 17.8 Å². The Morgan fingerprint density at radius 3 is 2.55 bits per heavy atom. The molecule has 116 valence electrons. The molecule has 1 aromatic carbocycles. The highest BCUT2D eigenvalue weighted by Crippen LogP contribution is 2.24. The van der Waals surface area contributed by atoms with E-state index in [-0.39, 0.29) is 27.5 Å². The molecule has 2 aromatic rings. The molecule has 0 bridgehead atoms. The monoisotopic (exact) mass is 341 g/mol. The van der Waals surface area contributed by atoms with Gasteiger partial charge in [0.15, 0.2) is 5.16 Å². The average Bonchev–Trinajstić information content (AvgIpc) is 2.40. The average molecular weight is 342 g/mol. The Hall–Kier alpha value is -2.06. The molecule has 6 nitrogen and oxygen atoms in total. The number of nitrogens with zero attached hydrogens (tertiary/aromatic N) is 2. The van der Waals surface area contributed by atoms with Crippen LogP contribution in [0.5, 0.6) is 0 Å². The molecule has 0 spiro atoms. The highest BCUT2D eigenvalue weighted by atomic mass is 35.5. The topological polar surface area (TPSA) is 107 Å². The van der Waals surface area contributed by atoms with Crippen LogP contribution in [0, 0.1) is 5.82 Å². The first kappa shape index (κ1) is 16.3. The van der Waals surface area contributed by atoms with Gasteiger partial charge in [-0.05, 0) is 25.1 Å². The summed E-state index contributed by atoms with van der Waals surface area (Å²) in [6.45, 7) is 1.64. The van der Waals surface area contributed by atoms with Crippen molar-refractivity contribution in [3.8, 4) is 0 Å². The molecule has 2 rings (SSSR count). The summed E-state index contributed by atoms with van der Waals surface area (Å²) in [5, 5.41) is 2.43. The number of aromatic nitrogens is 2. The standard InChI is InChI=1S/C13H13ClFN5OS/c1-6(22-13-19-10(16)5-11(17)20-13)12(21)18-9-3-2-7(14)4-8(9)15/h2-6H,1H3,(H,18,21)(H4,16,17,19,20)/t6-/m0/s1. The molecule has 1 amide bonds. The summed E-state index contributed by atoms with van der Waals surface area (Å²) in [6.07, 6.45) is 0. The van der Waals surface area contributed by atoms with E-state index in [9.17, 15) is 9.18 Å². The number of nitrogen functional groups attached to an aromatic ring is 2. The summed E-state index contributed by atoms with van der Waals surface area (Å²) in [6, 6.07) is 5.41. The SMILES string of the molecule is C[C@H](Sc1nc(N)cc(N)n1)C(=O)Nc1ccc(Cl)cc1F. The predicted molar refractivity (Wildman–Crippen MR) is 86.2 cm³/mol. The fraction of sp³-hybridized carbons (Fsp3) is 0.154. The number of nitrogens with two attached hydrogens (primary N) is 2. The molecule has 1 aromatic heterocycles. The highest BCUT2D eigenvalue weighted by Gasteiger charge is 2.18. The second kappa shape index (κ2) is 6.80. The van der Waals surface area contributed by atoms with E-state index in [0.29, 0.717) is 0 Å². The molecule has 0 aliphatic rings. The molecule has 5 N–H and O–H groups in total. The largest absolute Gasteiger partial charge is 0.383 e. The lowest BCUT2D eigenvalue weighted by atomic mass is 10.3. The normalized spacial score (nSPS) is 12.0. The fourth-order valence-electron chi connectivity index (χ4n) is 1.55. The van der Waals surface area contributed by atoms with E-state index in [1.165, 1.54) is 18.2 Å². The fourth-order valence-corrected chi connectivity index (χ4v) is 2.51. The van der Waals surface area contributed by atoms with Crippen molar-refractivity contribution < 1.29 is 9.18 Å². The molecular weight excluding hydrogens is 329 g/mol. The Balaban J connectivity index is 2.05. The lowest BCUT2D eigenvalue weighted by Gasteiger charge is -2.12. The maximum absolute atomic E-state index is 13.6. The van der Waals surface area contributed by atoms with E-state index in [4.69, 9.17) is 23.1 Å². The van der Waals surface area contributed by atoms with Gasteiger partial charge in [-0.25, -0.2) is 14.4 Å². The number of amides is 1. The number of rotatable bonds is 4. The highest BCUT2D eigenvalue weighted by molar-refractivity contribution is 8.00. The van der Waals surface area contributed by atoms with Crippen LogP contribution in [0.2, 0.25) is 5.02 Å². The van der Waals surface area contributed by atoms with Crippen molar-refractivity contribution >= 4 is 46.6 Å². The second-order valence-corrected chi connectivity index (χ2v) is 6.12. The number of hydrogen-bond acceptors (Lipinski definition) is 6. The summed E-state index contributed by atoms with van der Waals surface area (Å²) < 4.78 is 13.6. The molecule has 0 aliphatic carbocycles. The zero-order valence-corrected chi connectivity index (χ0v) is 13.1. The molecule has 0 aliphatic heterocycles. The molecule has 9 heteroatoms. The van der Waals surface area contributed by atoms with Crippen LogP contribution in [-0.4, -0.2) is 21.1 Å². The van der Waals surface area contributed by atoms with Crippen molar-refractivity contribution in [3.63, 3.8) is 0 Å². The van der Waals surface area contributed by atoms with Gasteiger partial charge in [0.25, 0.3) is 0 Å². The van der Waals surface area contributed by atoms with Crippen LogP contribution in [0.15, 0.2) is 29.4 Å². The van der Waals surface area contributed by atoms with Crippen molar-refractivity contribution in [2.24, 2.45) is 0 Å². The van der Waals surface area contributed by atoms with E-state index in [2.05, 4.69) is 15.3 Å². The number of halogens is 2. The quantitative estimate of drug-likeness (QED) is 0.582. The zero-order valence-electron chi connectivity index (χ0n) is 11.5. The van der Waals surface area contributed by atoms with Gasteiger partial charge >= 0.3 is 0 Å². The molecule has 22 heavy (non-hydrogen) atoms. The lowest BCUT2D eigenvalue weighted by molar-refractivity contribution is -0.115. The molecule has 0 radical (unpaired) electrons. The first-order chi connectivity index (χ1) is 10.3. The Bertz CT molecular complexity index is 695. The van der Waals surface area contributed by atoms with Gasteiger partial charge < -0.3 is 16.8 Å². The van der Waals surface area contributed by atoms with E-state index in [1.807, 2.05) is 0 Å². The number of carbonyl (C=O) groups is 1. The summed E-state index contributed by atoms with van der Waals surface area (Å²) in [7, 11) is 0. The minimum atomic E-state index is -0.609. The Labute approximate surface area is 135 Å². The van der Waals surface area contributed by atoms with Crippen molar-refractivity contribution in [1.29, 1.82) is 0 Å². The van der Waals surface area contributed by atoms with Gasteiger partial charge in [0, 0.05) is 11.1 Å². The van der Waals surface area contributed by atoms with Gasteiger partial charge in [0.1, 0.15) is 17.5 Å². The van der Waals surface area contributed by atoms with E-state index < -0.39 is 17.0 Å². The predicted octanol–water partition coefficient (Wildman–Crippen LogP) is 2.55. The number of anilines is 3. The number of benzene rings is 1. The van der Waals surface area contributed by atoms with Gasteiger partial charge in [-0.3, -0.25) is 4.79 Å². The molecule has 0 saturated carbocycles. The summed E-state index contributed by atoms with van der Waals surface area (Å²) >= 11 is 6.72. The minimum absolute atomic E-state index is 0.0508. The number of thioether (sulfide) groups is 1. The van der Waals surface area contributed by atoms with Crippen LogP contribution in [-0.2, 0) is 4.79 Å². The molecule has 1 heterocycles. The third kappa shape index (κ3) is 4.22. The van der Waals surface area contributed by atoms with Crippen LogP contribution in [0.1, 0.15) is 6.92 Å². The van der Waals surface area contributed by atoms with Crippen LogP contribution in [0.4, 0.5) is 21.7 Å². The molecule has 0 unspecified atom stereocenters. The van der Waals surface area contributed by atoms with Gasteiger partial charge in [-0.1, -0.05) is 23.4 Å². The van der Waals surface area contributed by atoms with Crippen LogP contribution in [0.3, 0.4) is 0 Å². The van der Waals surface area contributed by atoms with E-state index in [1.54, 1.807) is 6.92 Å². The molecule has 1 atom stereocenters. The zero-order chi connectivity index (χ0) is 16.3. The van der Waals surface area contributed by atoms with Crippen LogP contribution < -0.4 is 16.8 Å². The maximum atomic E-state index is 13.6. The van der Waals surface area contributed by atoms with E-state index >= 15 is 0 Å². The third-order valence-electron chi connectivity index (χ3n) is 2.59. The number of nitrogens with one attached hydrogen (secondary N) is 1. The number of carbonyl (C=O) groups excluding carboxylic acids is 1. The maximum Gasteiger partial charge on any atom is 0.237 e. The van der Waals surface area contributed by atoms with Crippen molar-refractivity contribution in [2.75, 3.05) is 16.8 Å². The molecule has 0 fully saturated rings. The van der Waals surface area contributed by atoms with Crippen molar-refractivity contribution in [1.82, 2.24) is 9.97 Å². The Morgan fingerprint density at radius 2 is 1.95 bits per heavy atom. The summed E-state index contributed by atoms with van der Waals surface area (Å²) in [4.78, 5) is 20.0. The van der Waals surface area contributed by atoms with Gasteiger partial charge in [-0.15, -0.1) is 0 Å². The summed E-state index contributed by atoms with van der Waals surface area (Å²) in [5.41, 5.74) is 11.2. The smallest absolute Gasteiger partial charge is 0.237 e. The Kier molecular flexibility index (Phi) is 5.04. The first-order valence-electron chi connectivity index (χ1n) is 6.18. The van der Waals surface area contributed by atoms with Crippen LogP contribution >= 0.6 is 23.4 Å². The third-order valence-corrected chi connectivity index (χ3v) is 3.78. The lowest BCUT2D eigenvalue weighted by Crippen LogP contribution is -2.23. The van der Waals surface area contributed by atoms with Crippen molar-refractivity contribution in [3.05, 3.63) is 35.1 Å². The van der Waals surface area contributed by atoms with Gasteiger partial charge in [0.05, 0.1) is 10.9 Å². The van der Waals surface area contributed by atoms with Crippen molar-refractivity contribution in [2.45, 2.75) is 17.3 Å². The second-order valence-electron chi connectivity index (χ2n) is 4.37. The Morgan fingerprint density at radius 1 is 1.32 bits per heavy atom. The molecular formula is C13H13ClFN5OS. The van der Waals surface area contributed by atoms with Gasteiger partial charge in [-0.2, -0.15) is 0 Å². The van der Waals surface area contributed by atoms with Gasteiger partial charge in [0.2, 0.25) is 5.91 Å². The first-order valence-corrected chi connectivity index (χ1v) is 7.43. The minimum Gasteiger partial charge on any atom is -0.383 e. The summed E-state index contributed by atoms with van der Waals surface area (Å²) in [5.74, 6) is -0.587. The van der Waals surface area contributed by atoms with Crippen LogP contribution in [0.25, 0.3) is 0 Å². The molecule has 0 saturated heterocycles.